The fourth-order valence-electron chi connectivity index (χ4n) is 4.08. The molecule has 2 heterocycles. The van der Waals surface area contributed by atoms with Gasteiger partial charge in [-0.2, -0.15) is 4.98 Å². The molecule has 0 bridgehead atoms. The Morgan fingerprint density at radius 3 is 2.85 bits per heavy atom. The lowest BCUT2D eigenvalue weighted by Crippen LogP contribution is -2.51. The molecule has 2 fully saturated rings. The van der Waals surface area contributed by atoms with Crippen LogP contribution in [0.4, 0.5) is 0 Å². The standard InChI is InChI=1S/C21H27N3O3/c1-14(2)15-6-8-16(9-7-15)21-22-19(27-23-21)10-11-20(25)24-12-13-26-18-5-3-4-17(18)24/h6-9,14,17-18H,3-5,10-13H2,1-2H3/t17-,18-/m0/s1. The number of hydrogen-bond donors (Lipinski definition) is 0. The first-order chi connectivity index (χ1) is 13.1. The molecule has 1 aliphatic heterocycles. The summed E-state index contributed by atoms with van der Waals surface area (Å²) in [4.78, 5) is 19.1. The summed E-state index contributed by atoms with van der Waals surface area (Å²) in [6, 6.07) is 8.47. The quantitative estimate of drug-likeness (QED) is 0.806. The summed E-state index contributed by atoms with van der Waals surface area (Å²) in [7, 11) is 0. The van der Waals surface area contributed by atoms with Gasteiger partial charge in [0.05, 0.1) is 18.8 Å². The highest BCUT2D eigenvalue weighted by atomic mass is 16.5. The number of morpholine rings is 1. The molecule has 0 unspecified atom stereocenters. The topological polar surface area (TPSA) is 68.5 Å². The van der Waals surface area contributed by atoms with Crippen molar-refractivity contribution in [2.45, 2.75) is 64.0 Å². The van der Waals surface area contributed by atoms with E-state index in [1.54, 1.807) is 0 Å². The zero-order chi connectivity index (χ0) is 18.8. The minimum atomic E-state index is 0.163. The van der Waals surface area contributed by atoms with E-state index in [-0.39, 0.29) is 18.1 Å². The number of aromatic nitrogens is 2. The van der Waals surface area contributed by atoms with Gasteiger partial charge in [-0.05, 0) is 30.7 Å². The molecule has 4 rings (SSSR count). The van der Waals surface area contributed by atoms with Crippen molar-refractivity contribution in [1.29, 1.82) is 0 Å². The number of fused-ring (bicyclic) bond motifs is 1. The zero-order valence-corrected chi connectivity index (χ0v) is 16.1. The third kappa shape index (κ3) is 3.90. The monoisotopic (exact) mass is 369 g/mol. The first kappa shape index (κ1) is 18.2. The van der Waals surface area contributed by atoms with E-state index in [4.69, 9.17) is 9.26 Å². The highest BCUT2D eigenvalue weighted by Gasteiger charge is 2.38. The van der Waals surface area contributed by atoms with Crippen LogP contribution in [-0.4, -0.2) is 46.2 Å². The summed E-state index contributed by atoms with van der Waals surface area (Å²) < 4.78 is 11.2. The largest absolute Gasteiger partial charge is 0.374 e. The van der Waals surface area contributed by atoms with E-state index in [0.717, 1.165) is 24.8 Å². The van der Waals surface area contributed by atoms with Crippen molar-refractivity contribution in [3.63, 3.8) is 0 Å². The molecule has 27 heavy (non-hydrogen) atoms. The second-order valence-corrected chi connectivity index (χ2v) is 7.78. The molecule has 2 aromatic rings. The lowest BCUT2D eigenvalue weighted by molar-refractivity contribution is -0.144. The Kier molecular flexibility index (Phi) is 5.25. The second-order valence-electron chi connectivity index (χ2n) is 7.78. The molecule has 1 aliphatic carbocycles. The molecule has 0 radical (unpaired) electrons. The molecule has 144 valence electrons. The molecule has 6 nitrogen and oxygen atoms in total. The van der Waals surface area contributed by atoms with Crippen LogP contribution in [0.1, 0.15) is 56.9 Å². The summed E-state index contributed by atoms with van der Waals surface area (Å²) in [6.07, 6.45) is 4.36. The van der Waals surface area contributed by atoms with Gasteiger partial charge < -0.3 is 14.2 Å². The lowest BCUT2D eigenvalue weighted by atomic mass is 10.0. The maximum atomic E-state index is 12.7. The Bertz CT molecular complexity index is 784. The van der Waals surface area contributed by atoms with Gasteiger partial charge in [0.2, 0.25) is 17.6 Å². The molecule has 1 saturated heterocycles. The van der Waals surface area contributed by atoms with Crippen LogP contribution >= 0.6 is 0 Å². The Labute approximate surface area is 159 Å². The van der Waals surface area contributed by atoms with Crippen molar-refractivity contribution in [3.05, 3.63) is 35.7 Å². The van der Waals surface area contributed by atoms with E-state index in [1.807, 2.05) is 17.0 Å². The normalized spacial score (nSPS) is 22.3. The molecular formula is C21H27N3O3. The second kappa shape index (κ2) is 7.80. The number of nitrogens with zero attached hydrogens (tertiary/aromatic N) is 3. The van der Waals surface area contributed by atoms with Gasteiger partial charge in [-0.15, -0.1) is 0 Å². The number of rotatable bonds is 5. The van der Waals surface area contributed by atoms with E-state index in [9.17, 15) is 4.79 Å². The van der Waals surface area contributed by atoms with Crippen molar-refractivity contribution in [1.82, 2.24) is 15.0 Å². The van der Waals surface area contributed by atoms with Gasteiger partial charge in [0, 0.05) is 24.9 Å². The Hall–Kier alpha value is -2.21. The third-order valence-electron chi connectivity index (χ3n) is 5.66. The van der Waals surface area contributed by atoms with Crippen LogP contribution in [0.25, 0.3) is 11.4 Å². The first-order valence-corrected chi connectivity index (χ1v) is 9.96. The van der Waals surface area contributed by atoms with Gasteiger partial charge in [-0.3, -0.25) is 4.79 Å². The molecule has 0 N–H and O–H groups in total. The van der Waals surface area contributed by atoms with Crippen molar-refractivity contribution >= 4 is 5.91 Å². The van der Waals surface area contributed by atoms with E-state index in [2.05, 4.69) is 36.1 Å². The van der Waals surface area contributed by atoms with E-state index < -0.39 is 0 Å². The van der Waals surface area contributed by atoms with Crippen LogP contribution in [0.3, 0.4) is 0 Å². The maximum Gasteiger partial charge on any atom is 0.227 e. The van der Waals surface area contributed by atoms with E-state index >= 15 is 0 Å². The number of hydrogen-bond acceptors (Lipinski definition) is 5. The maximum absolute atomic E-state index is 12.7. The van der Waals surface area contributed by atoms with E-state index in [0.29, 0.717) is 43.6 Å². The Morgan fingerprint density at radius 2 is 2.07 bits per heavy atom. The van der Waals surface area contributed by atoms with Crippen LogP contribution in [0.15, 0.2) is 28.8 Å². The minimum Gasteiger partial charge on any atom is -0.374 e. The van der Waals surface area contributed by atoms with Crippen LogP contribution in [-0.2, 0) is 16.0 Å². The average molecular weight is 369 g/mol. The van der Waals surface area contributed by atoms with Crippen molar-refractivity contribution < 1.29 is 14.1 Å². The number of benzene rings is 1. The Balaban J connectivity index is 1.36. The number of ether oxygens (including phenoxy) is 1. The summed E-state index contributed by atoms with van der Waals surface area (Å²) in [6.45, 7) is 5.67. The van der Waals surface area contributed by atoms with Gasteiger partial charge in [0.1, 0.15) is 0 Å². The molecule has 6 heteroatoms. The summed E-state index contributed by atoms with van der Waals surface area (Å²) >= 11 is 0. The van der Waals surface area contributed by atoms with Crippen molar-refractivity contribution in [3.8, 4) is 11.4 Å². The van der Waals surface area contributed by atoms with Crippen molar-refractivity contribution in [2.75, 3.05) is 13.2 Å². The predicted molar refractivity (Wildman–Crippen MR) is 101 cm³/mol. The third-order valence-corrected chi connectivity index (χ3v) is 5.66. The lowest BCUT2D eigenvalue weighted by Gasteiger charge is -2.37. The predicted octanol–water partition coefficient (Wildman–Crippen LogP) is 3.57. The molecule has 1 aromatic heterocycles. The number of carbonyl (C=O) groups excluding carboxylic acids is 1. The molecule has 0 spiro atoms. The zero-order valence-electron chi connectivity index (χ0n) is 16.1. The van der Waals surface area contributed by atoms with Crippen LogP contribution in [0.5, 0.6) is 0 Å². The number of amides is 1. The fourth-order valence-corrected chi connectivity index (χ4v) is 4.08. The van der Waals surface area contributed by atoms with Crippen LogP contribution in [0, 0.1) is 0 Å². The van der Waals surface area contributed by atoms with Gasteiger partial charge in [-0.25, -0.2) is 0 Å². The fraction of sp³-hybridized carbons (Fsp3) is 0.571. The molecule has 1 amide bonds. The highest BCUT2D eigenvalue weighted by Crippen LogP contribution is 2.30. The van der Waals surface area contributed by atoms with Crippen LogP contribution in [0.2, 0.25) is 0 Å². The summed E-state index contributed by atoms with van der Waals surface area (Å²) in [5.41, 5.74) is 2.21. The molecule has 2 atom stereocenters. The smallest absolute Gasteiger partial charge is 0.227 e. The van der Waals surface area contributed by atoms with Crippen molar-refractivity contribution in [2.24, 2.45) is 0 Å². The highest BCUT2D eigenvalue weighted by molar-refractivity contribution is 5.77. The summed E-state index contributed by atoms with van der Waals surface area (Å²) in [5.74, 6) is 1.75. The van der Waals surface area contributed by atoms with Gasteiger partial charge in [0.15, 0.2) is 0 Å². The first-order valence-electron chi connectivity index (χ1n) is 9.96. The molecule has 1 aromatic carbocycles. The SMILES string of the molecule is CC(C)c1ccc(-c2noc(CCC(=O)N3CCO[C@H]4CCC[C@@H]43)n2)cc1. The number of aryl methyl sites for hydroxylation is 1. The average Bonchev–Trinajstić information content (AvgIpc) is 3.35. The minimum absolute atomic E-state index is 0.163. The molecule has 1 saturated carbocycles. The van der Waals surface area contributed by atoms with Gasteiger partial charge in [-0.1, -0.05) is 43.3 Å². The molecular weight excluding hydrogens is 342 g/mol. The number of carbonyl (C=O) groups is 1. The van der Waals surface area contributed by atoms with E-state index in [1.165, 1.54) is 5.56 Å². The van der Waals surface area contributed by atoms with Crippen LogP contribution < -0.4 is 0 Å². The Morgan fingerprint density at radius 1 is 1.26 bits per heavy atom. The summed E-state index contributed by atoms with van der Waals surface area (Å²) in [5, 5.41) is 4.07. The molecule has 2 aliphatic rings. The van der Waals surface area contributed by atoms with Gasteiger partial charge >= 0.3 is 0 Å². The van der Waals surface area contributed by atoms with Gasteiger partial charge in [0.25, 0.3) is 0 Å².